The lowest BCUT2D eigenvalue weighted by Gasteiger charge is -2.12. The molecule has 0 bridgehead atoms. The summed E-state index contributed by atoms with van der Waals surface area (Å²) in [5, 5.41) is 0. The second kappa shape index (κ2) is 7.14. The molecule has 0 spiro atoms. The van der Waals surface area contributed by atoms with Crippen LogP contribution in [0.2, 0.25) is 0 Å². The van der Waals surface area contributed by atoms with Crippen LogP contribution in [0.25, 0.3) is 17.2 Å². The van der Waals surface area contributed by atoms with E-state index in [1.807, 2.05) is 24.3 Å². The van der Waals surface area contributed by atoms with Gasteiger partial charge in [0.2, 0.25) is 5.88 Å². The zero-order valence-electron chi connectivity index (χ0n) is 14.7. The predicted octanol–water partition coefficient (Wildman–Crippen LogP) is 2.52. The number of hydrogen-bond donors (Lipinski definition) is 0. The number of carbonyl (C=O) groups is 1. The van der Waals surface area contributed by atoms with E-state index in [9.17, 15) is 9.18 Å². The van der Waals surface area contributed by atoms with Crippen LogP contribution in [0.3, 0.4) is 0 Å². The minimum atomic E-state index is -0.975. The highest BCUT2D eigenvalue weighted by molar-refractivity contribution is 5.93. The molecule has 1 fully saturated rings. The molecule has 0 N–H and O–H groups in total. The first-order valence-corrected chi connectivity index (χ1v) is 8.60. The Labute approximate surface area is 155 Å². The number of alkyl halides is 1. The first kappa shape index (κ1) is 17.1. The molecule has 4 heterocycles. The van der Waals surface area contributed by atoms with Crippen LogP contribution in [0.1, 0.15) is 16.9 Å². The van der Waals surface area contributed by atoms with Crippen LogP contribution in [-0.2, 0) is 0 Å². The molecule has 1 amide bonds. The minimum absolute atomic E-state index is 0.106. The van der Waals surface area contributed by atoms with Gasteiger partial charge in [0.25, 0.3) is 5.91 Å². The molecule has 0 radical (unpaired) electrons. The number of hydrogen-bond acceptors (Lipinski definition) is 5. The van der Waals surface area contributed by atoms with Crippen LogP contribution in [0.15, 0.2) is 48.9 Å². The van der Waals surface area contributed by atoms with Crippen molar-refractivity contribution < 1.29 is 13.9 Å². The Morgan fingerprint density at radius 3 is 2.78 bits per heavy atom. The van der Waals surface area contributed by atoms with Crippen molar-refractivity contribution in [2.75, 3.05) is 20.2 Å². The lowest BCUT2D eigenvalue weighted by Crippen LogP contribution is -2.29. The number of rotatable bonds is 4. The van der Waals surface area contributed by atoms with E-state index in [0.29, 0.717) is 36.1 Å². The molecule has 3 aromatic heterocycles. The SMILES string of the molecule is COc1ccc(-c2nc(C(=O)N3CCC(F)C3)cn2-c2ccccn2)cn1. The van der Waals surface area contributed by atoms with Gasteiger partial charge in [-0.2, -0.15) is 0 Å². The Morgan fingerprint density at radius 2 is 2.15 bits per heavy atom. The number of likely N-dealkylation sites (tertiary alicyclic amines) is 1. The molecular formula is C19H18FN5O2. The maximum Gasteiger partial charge on any atom is 0.274 e. The predicted molar refractivity (Wildman–Crippen MR) is 96.6 cm³/mol. The molecule has 1 aliphatic rings. The van der Waals surface area contributed by atoms with E-state index in [1.165, 1.54) is 4.90 Å². The van der Waals surface area contributed by atoms with Crippen LogP contribution >= 0.6 is 0 Å². The van der Waals surface area contributed by atoms with E-state index in [4.69, 9.17) is 4.74 Å². The summed E-state index contributed by atoms with van der Waals surface area (Å²) in [6, 6.07) is 9.03. The second-order valence-corrected chi connectivity index (χ2v) is 6.23. The fourth-order valence-electron chi connectivity index (χ4n) is 3.06. The van der Waals surface area contributed by atoms with Gasteiger partial charge in [0, 0.05) is 36.8 Å². The van der Waals surface area contributed by atoms with Crippen molar-refractivity contribution >= 4 is 5.91 Å². The molecule has 1 unspecified atom stereocenters. The van der Waals surface area contributed by atoms with Crippen LogP contribution in [0, 0.1) is 0 Å². The molecule has 1 saturated heterocycles. The van der Waals surface area contributed by atoms with Gasteiger partial charge in [0.1, 0.15) is 23.5 Å². The Balaban J connectivity index is 1.76. The number of ether oxygens (including phenoxy) is 1. The fourth-order valence-corrected chi connectivity index (χ4v) is 3.06. The molecule has 1 atom stereocenters. The number of methoxy groups -OCH3 is 1. The number of halogens is 1. The summed E-state index contributed by atoms with van der Waals surface area (Å²) in [4.78, 5) is 27.3. The molecule has 7 nitrogen and oxygen atoms in total. The zero-order chi connectivity index (χ0) is 18.8. The van der Waals surface area contributed by atoms with E-state index in [0.717, 1.165) is 0 Å². The highest BCUT2D eigenvalue weighted by Crippen LogP contribution is 2.24. The third-order valence-electron chi connectivity index (χ3n) is 4.44. The molecule has 4 rings (SSSR count). The lowest BCUT2D eigenvalue weighted by molar-refractivity contribution is 0.0777. The highest BCUT2D eigenvalue weighted by Gasteiger charge is 2.29. The summed E-state index contributed by atoms with van der Waals surface area (Å²) >= 11 is 0. The van der Waals surface area contributed by atoms with Crippen molar-refractivity contribution in [2.45, 2.75) is 12.6 Å². The normalized spacial score (nSPS) is 16.5. The summed E-state index contributed by atoms with van der Waals surface area (Å²) in [5.41, 5.74) is 0.964. The summed E-state index contributed by atoms with van der Waals surface area (Å²) in [6.45, 7) is 0.505. The summed E-state index contributed by atoms with van der Waals surface area (Å²) < 4.78 is 20.3. The average Bonchev–Trinajstić information content (AvgIpc) is 3.35. The molecular weight excluding hydrogens is 349 g/mol. The first-order valence-electron chi connectivity index (χ1n) is 8.60. The van der Waals surface area contributed by atoms with Crippen LogP contribution in [-0.4, -0.2) is 56.7 Å². The molecule has 8 heteroatoms. The third-order valence-corrected chi connectivity index (χ3v) is 4.44. The van der Waals surface area contributed by atoms with Gasteiger partial charge in [-0.3, -0.25) is 9.36 Å². The Morgan fingerprint density at radius 1 is 1.26 bits per heavy atom. The van der Waals surface area contributed by atoms with Gasteiger partial charge in [-0.25, -0.2) is 19.3 Å². The van der Waals surface area contributed by atoms with Crippen molar-refractivity contribution in [2.24, 2.45) is 0 Å². The Bertz CT molecular complexity index is 942. The van der Waals surface area contributed by atoms with Crippen molar-refractivity contribution in [1.29, 1.82) is 0 Å². The quantitative estimate of drug-likeness (QED) is 0.708. The summed E-state index contributed by atoms with van der Waals surface area (Å²) in [6.07, 6.45) is 4.32. The molecule has 27 heavy (non-hydrogen) atoms. The maximum absolute atomic E-state index is 13.5. The summed E-state index contributed by atoms with van der Waals surface area (Å²) in [5.74, 6) is 1.35. The number of aromatic nitrogens is 4. The van der Waals surface area contributed by atoms with Crippen molar-refractivity contribution in [3.63, 3.8) is 0 Å². The molecule has 1 aliphatic heterocycles. The summed E-state index contributed by atoms with van der Waals surface area (Å²) in [7, 11) is 1.54. The second-order valence-electron chi connectivity index (χ2n) is 6.23. The van der Waals surface area contributed by atoms with Gasteiger partial charge in [-0.1, -0.05) is 6.07 Å². The van der Waals surface area contributed by atoms with Gasteiger partial charge >= 0.3 is 0 Å². The Hall–Kier alpha value is -3.29. The molecule has 138 valence electrons. The highest BCUT2D eigenvalue weighted by atomic mass is 19.1. The topological polar surface area (TPSA) is 73.1 Å². The van der Waals surface area contributed by atoms with Crippen molar-refractivity contribution in [1.82, 2.24) is 24.4 Å². The minimum Gasteiger partial charge on any atom is -0.481 e. The van der Waals surface area contributed by atoms with Crippen LogP contribution < -0.4 is 4.74 Å². The van der Waals surface area contributed by atoms with Gasteiger partial charge in [0.05, 0.1) is 13.7 Å². The van der Waals surface area contributed by atoms with E-state index in [-0.39, 0.29) is 18.1 Å². The Kier molecular flexibility index (Phi) is 4.53. The zero-order valence-corrected chi connectivity index (χ0v) is 14.7. The van der Waals surface area contributed by atoms with Gasteiger partial charge < -0.3 is 9.64 Å². The number of amides is 1. The molecule has 0 aliphatic carbocycles. The monoisotopic (exact) mass is 367 g/mol. The molecule has 0 aromatic carbocycles. The smallest absolute Gasteiger partial charge is 0.274 e. The van der Waals surface area contributed by atoms with E-state index in [1.54, 1.807) is 36.3 Å². The molecule has 0 saturated carbocycles. The average molecular weight is 367 g/mol. The first-order chi connectivity index (χ1) is 13.2. The van der Waals surface area contributed by atoms with Crippen LogP contribution in [0.5, 0.6) is 5.88 Å². The number of nitrogens with zero attached hydrogens (tertiary/aromatic N) is 5. The van der Waals surface area contributed by atoms with E-state index >= 15 is 0 Å². The maximum atomic E-state index is 13.5. The number of pyridine rings is 2. The third kappa shape index (κ3) is 3.38. The molecule has 3 aromatic rings. The van der Waals surface area contributed by atoms with Gasteiger partial charge in [-0.05, 0) is 24.6 Å². The standard InChI is InChI=1S/C19H18FN5O2/c1-27-17-6-5-13(10-22-17)18-23-15(19(26)24-9-7-14(20)11-24)12-25(18)16-4-2-3-8-21-16/h2-6,8,10,12,14H,7,9,11H2,1H3. The lowest BCUT2D eigenvalue weighted by atomic mass is 10.2. The van der Waals surface area contributed by atoms with E-state index < -0.39 is 6.17 Å². The largest absolute Gasteiger partial charge is 0.481 e. The van der Waals surface area contributed by atoms with Crippen LogP contribution in [0.4, 0.5) is 4.39 Å². The van der Waals surface area contributed by atoms with Gasteiger partial charge in [-0.15, -0.1) is 0 Å². The van der Waals surface area contributed by atoms with Gasteiger partial charge in [0.15, 0.2) is 0 Å². The van der Waals surface area contributed by atoms with E-state index in [2.05, 4.69) is 15.0 Å². The van der Waals surface area contributed by atoms with Crippen molar-refractivity contribution in [3.05, 3.63) is 54.6 Å². The fraction of sp³-hybridized carbons (Fsp3) is 0.263. The number of carbonyl (C=O) groups excluding carboxylic acids is 1. The van der Waals surface area contributed by atoms with Crippen molar-refractivity contribution in [3.8, 4) is 23.1 Å². The number of imidazole rings is 1.